The van der Waals surface area contributed by atoms with Crippen LogP contribution in [0.15, 0.2) is 0 Å². The number of aromatic nitrogens is 4. The van der Waals surface area contributed by atoms with Gasteiger partial charge in [0.05, 0.1) is 13.1 Å². The Kier molecular flexibility index (Phi) is 2.50. The van der Waals surface area contributed by atoms with E-state index in [9.17, 15) is 0 Å². The molecule has 1 fully saturated rings. The van der Waals surface area contributed by atoms with Crippen molar-refractivity contribution >= 4 is 0 Å². The second-order valence-electron chi connectivity index (χ2n) is 4.34. The van der Waals surface area contributed by atoms with Gasteiger partial charge in [-0.15, -0.1) is 5.10 Å². The van der Waals surface area contributed by atoms with Crippen molar-refractivity contribution in [3.8, 4) is 0 Å². The molecule has 14 heavy (non-hydrogen) atoms. The molecular formula is C9H17N5. The maximum absolute atomic E-state index is 4.01. The van der Waals surface area contributed by atoms with Crippen molar-refractivity contribution in [2.45, 2.75) is 39.8 Å². The first-order chi connectivity index (χ1) is 6.73. The zero-order valence-electron chi connectivity index (χ0n) is 8.82. The Morgan fingerprint density at radius 1 is 1.50 bits per heavy atom. The van der Waals surface area contributed by atoms with Crippen LogP contribution in [0.2, 0.25) is 0 Å². The first kappa shape index (κ1) is 9.58. The van der Waals surface area contributed by atoms with Crippen LogP contribution in [0.5, 0.6) is 0 Å². The Bertz CT molecular complexity index is 302. The molecule has 1 aromatic rings. The Morgan fingerprint density at radius 2 is 2.29 bits per heavy atom. The number of hydrogen-bond donors (Lipinski definition) is 1. The lowest BCUT2D eigenvalue weighted by molar-refractivity contribution is 0.409. The molecule has 0 aromatic carbocycles. The zero-order valence-corrected chi connectivity index (χ0v) is 8.82. The van der Waals surface area contributed by atoms with Gasteiger partial charge in [0.2, 0.25) is 0 Å². The highest BCUT2D eigenvalue weighted by atomic mass is 15.5. The summed E-state index contributed by atoms with van der Waals surface area (Å²) in [5.41, 5.74) is 0.455. The normalized spacial score (nSPS) is 18.4. The van der Waals surface area contributed by atoms with Crippen molar-refractivity contribution in [1.29, 1.82) is 0 Å². The minimum atomic E-state index is 0.455. The average molecular weight is 195 g/mol. The molecule has 1 aliphatic rings. The van der Waals surface area contributed by atoms with Crippen LogP contribution in [0.25, 0.3) is 0 Å². The molecule has 5 heteroatoms. The van der Waals surface area contributed by atoms with E-state index < -0.39 is 0 Å². The molecule has 1 aromatic heterocycles. The van der Waals surface area contributed by atoms with Crippen LogP contribution in [0, 0.1) is 5.41 Å². The largest absolute Gasteiger partial charge is 0.310 e. The van der Waals surface area contributed by atoms with Crippen LogP contribution in [0.1, 0.15) is 32.5 Å². The van der Waals surface area contributed by atoms with Gasteiger partial charge in [0.15, 0.2) is 5.82 Å². The van der Waals surface area contributed by atoms with Gasteiger partial charge in [0.1, 0.15) is 0 Å². The van der Waals surface area contributed by atoms with E-state index in [0.717, 1.165) is 25.5 Å². The number of nitrogens with one attached hydrogen (secondary N) is 1. The van der Waals surface area contributed by atoms with E-state index in [0.29, 0.717) is 5.41 Å². The molecule has 0 bridgehead atoms. The number of nitrogens with zero attached hydrogens (tertiary/aromatic N) is 4. The van der Waals surface area contributed by atoms with Gasteiger partial charge in [0, 0.05) is 0 Å². The van der Waals surface area contributed by atoms with Crippen molar-refractivity contribution in [3.63, 3.8) is 0 Å². The summed E-state index contributed by atoms with van der Waals surface area (Å²) in [5, 5.41) is 15.0. The minimum Gasteiger partial charge on any atom is -0.310 e. The van der Waals surface area contributed by atoms with Gasteiger partial charge in [-0.2, -0.15) is 0 Å². The van der Waals surface area contributed by atoms with E-state index >= 15 is 0 Å². The van der Waals surface area contributed by atoms with Crippen LogP contribution < -0.4 is 5.32 Å². The van der Waals surface area contributed by atoms with E-state index in [1.807, 2.05) is 4.68 Å². The molecule has 1 heterocycles. The lowest BCUT2D eigenvalue weighted by Crippen LogP contribution is -2.19. The maximum atomic E-state index is 4.01. The summed E-state index contributed by atoms with van der Waals surface area (Å²) >= 11 is 0. The van der Waals surface area contributed by atoms with Gasteiger partial charge in [-0.25, -0.2) is 4.68 Å². The van der Waals surface area contributed by atoms with Crippen molar-refractivity contribution < 1.29 is 0 Å². The van der Waals surface area contributed by atoms with Crippen LogP contribution >= 0.6 is 0 Å². The van der Waals surface area contributed by atoms with Gasteiger partial charge in [-0.3, -0.25) is 0 Å². The molecule has 0 amide bonds. The lowest BCUT2D eigenvalue weighted by atomic mass is 10.1. The van der Waals surface area contributed by atoms with E-state index in [1.54, 1.807) is 0 Å². The van der Waals surface area contributed by atoms with Crippen molar-refractivity contribution in [3.05, 3.63) is 5.82 Å². The maximum Gasteiger partial charge on any atom is 0.165 e. The van der Waals surface area contributed by atoms with Crippen LogP contribution in [-0.4, -0.2) is 26.8 Å². The predicted octanol–water partition coefficient (Wildman–Crippen LogP) is 0.583. The molecule has 0 saturated heterocycles. The number of hydrogen-bond acceptors (Lipinski definition) is 4. The first-order valence-corrected chi connectivity index (χ1v) is 5.19. The van der Waals surface area contributed by atoms with Gasteiger partial charge in [-0.1, -0.05) is 13.8 Å². The van der Waals surface area contributed by atoms with Crippen LogP contribution in [0.3, 0.4) is 0 Å². The van der Waals surface area contributed by atoms with Crippen LogP contribution in [0.4, 0.5) is 0 Å². The first-order valence-electron chi connectivity index (χ1n) is 5.19. The molecular weight excluding hydrogens is 178 g/mol. The Morgan fingerprint density at radius 3 is 2.93 bits per heavy atom. The Labute approximate surface area is 83.9 Å². The summed E-state index contributed by atoms with van der Waals surface area (Å²) in [4.78, 5) is 0. The van der Waals surface area contributed by atoms with E-state index in [4.69, 9.17) is 0 Å². The molecule has 1 saturated carbocycles. The van der Waals surface area contributed by atoms with E-state index in [-0.39, 0.29) is 0 Å². The Hall–Kier alpha value is -0.970. The standard InChI is InChI=1S/C9H17N5/c1-3-10-6-8-11-12-13-14(8)7-9(2)4-5-9/h10H,3-7H2,1-2H3. The molecule has 0 unspecified atom stereocenters. The highest BCUT2D eigenvalue weighted by Crippen LogP contribution is 2.46. The lowest BCUT2D eigenvalue weighted by Gasteiger charge is -2.09. The summed E-state index contributed by atoms with van der Waals surface area (Å²) in [6, 6.07) is 0. The molecule has 0 radical (unpaired) electrons. The summed E-state index contributed by atoms with van der Waals surface area (Å²) in [7, 11) is 0. The zero-order chi connectivity index (χ0) is 10.0. The van der Waals surface area contributed by atoms with Gasteiger partial charge in [-0.05, 0) is 35.2 Å². The third-order valence-electron chi connectivity index (χ3n) is 2.77. The number of tetrazole rings is 1. The molecule has 78 valence electrons. The van der Waals surface area contributed by atoms with Crippen LogP contribution in [-0.2, 0) is 13.1 Å². The Balaban J connectivity index is 1.98. The highest BCUT2D eigenvalue weighted by molar-refractivity contribution is 4.91. The molecule has 0 aliphatic heterocycles. The van der Waals surface area contributed by atoms with Crippen molar-refractivity contribution in [2.75, 3.05) is 6.54 Å². The summed E-state index contributed by atoms with van der Waals surface area (Å²) < 4.78 is 1.93. The smallest absolute Gasteiger partial charge is 0.165 e. The summed E-state index contributed by atoms with van der Waals surface area (Å²) in [6.07, 6.45) is 2.60. The molecule has 1 N–H and O–H groups in total. The van der Waals surface area contributed by atoms with E-state index in [2.05, 4.69) is 34.7 Å². The topological polar surface area (TPSA) is 55.6 Å². The number of rotatable bonds is 5. The van der Waals surface area contributed by atoms with Crippen molar-refractivity contribution in [2.24, 2.45) is 5.41 Å². The third-order valence-corrected chi connectivity index (χ3v) is 2.77. The van der Waals surface area contributed by atoms with Gasteiger partial charge >= 0.3 is 0 Å². The summed E-state index contributed by atoms with van der Waals surface area (Å²) in [5.74, 6) is 0.944. The molecule has 0 atom stereocenters. The summed E-state index contributed by atoms with van der Waals surface area (Å²) in [6.45, 7) is 7.03. The SMILES string of the molecule is CCNCc1nnnn1CC1(C)CC1. The van der Waals surface area contributed by atoms with Gasteiger partial charge < -0.3 is 5.32 Å². The second-order valence-corrected chi connectivity index (χ2v) is 4.34. The molecule has 2 rings (SSSR count). The quantitative estimate of drug-likeness (QED) is 0.747. The second kappa shape index (κ2) is 3.65. The average Bonchev–Trinajstić information content (AvgIpc) is 2.74. The highest BCUT2D eigenvalue weighted by Gasteiger charge is 2.38. The predicted molar refractivity (Wildman–Crippen MR) is 52.5 cm³/mol. The van der Waals surface area contributed by atoms with Gasteiger partial charge in [0.25, 0.3) is 0 Å². The fraction of sp³-hybridized carbons (Fsp3) is 0.889. The van der Waals surface area contributed by atoms with E-state index in [1.165, 1.54) is 12.8 Å². The molecule has 1 aliphatic carbocycles. The molecule has 0 spiro atoms. The third kappa shape index (κ3) is 2.09. The fourth-order valence-corrected chi connectivity index (χ4v) is 1.44. The minimum absolute atomic E-state index is 0.455. The fourth-order valence-electron chi connectivity index (χ4n) is 1.44. The molecule has 5 nitrogen and oxygen atoms in total. The van der Waals surface area contributed by atoms with Crippen molar-refractivity contribution in [1.82, 2.24) is 25.5 Å². The monoisotopic (exact) mass is 195 g/mol.